The van der Waals surface area contributed by atoms with Crippen molar-refractivity contribution in [3.05, 3.63) is 48.0 Å². The highest BCUT2D eigenvalue weighted by Crippen LogP contribution is 2.42. The van der Waals surface area contributed by atoms with Crippen molar-refractivity contribution in [1.82, 2.24) is 10.2 Å². The fraction of sp³-hybridized carbons (Fsp3) is 0.571. The second kappa shape index (κ2) is 7.30. The molecule has 0 radical (unpaired) electrons. The molecule has 2 aliphatic carbocycles. The maximum absolute atomic E-state index is 12.5. The number of likely N-dealkylation sites (tertiary alicyclic amines) is 1. The minimum atomic E-state index is -0.0150. The van der Waals surface area contributed by atoms with Crippen molar-refractivity contribution >= 4 is 5.91 Å². The topological polar surface area (TPSA) is 58.4 Å². The van der Waals surface area contributed by atoms with Crippen LogP contribution in [0.3, 0.4) is 0 Å². The number of allylic oxidation sites excluding steroid dienone is 1. The molecule has 134 valence electrons. The Balaban J connectivity index is 1.19. The van der Waals surface area contributed by atoms with E-state index in [1.54, 1.807) is 0 Å². The van der Waals surface area contributed by atoms with Gasteiger partial charge in [-0.3, -0.25) is 4.79 Å². The Kier molecular flexibility index (Phi) is 4.91. The molecule has 4 heteroatoms. The number of rotatable bonds is 5. The van der Waals surface area contributed by atoms with Gasteiger partial charge in [0.15, 0.2) is 0 Å². The van der Waals surface area contributed by atoms with Crippen LogP contribution < -0.4 is 11.1 Å². The molecule has 3 aliphatic rings. The van der Waals surface area contributed by atoms with Crippen molar-refractivity contribution in [1.29, 1.82) is 0 Å². The Morgan fingerprint density at radius 1 is 1.12 bits per heavy atom. The van der Waals surface area contributed by atoms with Crippen LogP contribution in [0, 0.1) is 17.8 Å². The summed E-state index contributed by atoms with van der Waals surface area (Å²) in [6.07, 6.45) is 7.86. The lowest BCUT2D eigenvalue weighted by atomic mass is 9.88. The molecule has 1 saturated carbocycles. The van der Waals surface area contributed by atoms with E-state index in [0.29, 0.717) is 17.8 Å². The van der Waals surface area contributed by atoms with Gasteiger partial charge in [0.25, 0.3) is 0 Å². The number of amides is 1. The SMILES string of the molecule is N[C@H]1[C@@H](C(=O)NCCN2CCC(c3ccccc3)CC2)[C@H]2C=C[C@@H]1C2. The normalized spacial score (nSPS) is 32.2. The van der Waals surface area contributed by atoms with Crippen LogP contribution in [-0.4, -0.2) is 43.0 Å². The number of hydrogen-bond acceptors (Lipinski definition) is 3. The average molecular weight is 339 g/mol. The molecule has 0 unspecified atom stereocenters. The molecule has 1 heterocycles. The van der Waals surface area contributed by atoms with Gasteiger partial charge in [0.1, 0.15) is 0 Å². The van der Waals surface area contributed by atoms with Crippen LogP contribution in [0.15, 0.2) is 42.5 Å². The molecule has 4 rings (SSSR count). The van der Waals surface area contributed by atoms with Crippen molar-refractivity contribution in [3.8, 4) is 0 Å². The van der Waals surface area contributed by atoms with E-state index in [1.165, 1.54) is 18.4 Å². The first-order valence-corrected chi connectivity index (χ1v) is 9.71. The van der Waals surface area contributed by atoms with Gasteiger partial charge in [-0.05, 0) is 55.7 Å². The van der Waals surface area contributed by atoms with E-state index in [9.17, 15) is 4.79 Å². The Labute approximate surface area is 150 Å². The van der Waals surface area contributed by atoms with E-state index >= 15 is 0 Å². The number of hydrogen-bond donors (Lipinski definition) is 2. The maximum atomic E-state index is 12.5. The van der Waals surface area contributed by atoms with Crippen molar-refractivity contribution in [2.45, 2.75) is 31.2 Å². The molecule has 1 aromatic rings. The molecule has 2 fully saturated rings. The number of carbonyl (C=O) groups excluding carboxylic acids is 1. The minimum absolute atomic E-state index is 0.0108. The Hall–Kier alpha value is -1.65. The third-order valence-electron chi connectivity index (χ3n) is 6.41. The monoisotopic (exact) mass is 339 g/mol. The maximum Gasteiger partial charge on any atom is 0.225 e. The summed E-state index contributed by atoms with van der Waals surface area (Å²) >= 11 is 0. The van der Waals surface area contributed by atoms with Crippen molar-refractivity contribution in [2.24, 2.45) is 23.5 Å². The third kappa shape index (κ3) is 3.51. The van der Waals surface area contributed by atoms with Gasteiger partial charge < -0.3 is 16.0 Å². The van der Waals surface area contributed by atoms with Gasteiger partial charge in [-0.1, -0.05) is 42.5 Å². The van der Waals surface area contributed by atoms with E-state index < -0.39 is 0 Å². The van der Waals surface area contributed by atoms with Crippen LogP contribution in [0.2, 0.25) is 0 Å². The zero-order valence-electron chi connectivity index (χ0n) is 14.8. The quantitative estimate of drug-likeness (QED) is 0.808. The smallest absolute Gasteiger partial charge is 0.225 e. The Morgan fingerprint density at radius 3 is 2.52 bits per heavy atom. The van der Waals surface area contributed by atoms with Crippen molar-refractivity contribution in [2.75, 3.05) is 26.2 Å². The highest BCUT2D eigenvalue weighted by molar-refractivity contribution is 5.80. The highest BCUT2D eigenvalue weighted by Gasteiger charge is 2.46. The number of nitrogens with one attached hydrogen (secondary N) is 1. The fourth-order valence-corrected chi connectivity index (χ4v) is 4.90. The molecule has 4 nitrogen and oxygen atoms in total. The van der Waals surface area contributed by atoms with E-state index in [1.807, 2.05) is 0 Å². The number of nitrogens with two attached hydrogens (primary N) is 1. The van der Waals surface area contributed by atoms with Gasteiger partial charge in [-0.2, -0.15) is 0 Å². The first-order valence-electron chi connectivity index (χ1n) is 9.71. The molecule has 1 saturated heterocycles. The van der Waals surface area contributed by atoms with Crippen LogP contribution in [0.1, 0.15) is 30.7 Å². The van der Waals surface area contributed by atoms with Crippen LogP contribution in [0.5, 0.6) is 0 Å². The zero-order chi connectivity index (χ0) is 17.2. The molecule has 4 atom stereocenters. The summed E-state index contributed by atoms with van der Waals surface area (Å²) in [6, 6.07) is 10.8. The summed E-state index contributed by atoms with van der Waals surface area (Å²) in [7, 11) is 0. The van der Waals surface area contributed by atoms with E-state index in [4.69, 9.17) is 5.73 Å². The van der Waals surface area contributed by atoms with Gasteiger partial charge in [0.05, 0.1) is 5.92 Å². The summed E-state index contributed by atoms with van der Waals surface area (Å²) in [5, 5.41) is 3.14. The van der Waals surface area contributed by atoms with E-state index in [-0.39, 0.29) is 17.9 Å². The van der Waals surface area contributed by atoms with Crippen LogP contribution in [0.4, 0.5) is 0 Å². The number of carbonyl (C=O) groups is 1. The zero-order valence-corrected chi connectivity index (χ0v) is 14.8. The lowest BCUT2D eigenvalue weighted by Crippen LogP contribution is -2.46. The van der Waals surface area contributed by atoms with Gasteiger partial charge in [0, 0.05) is 19.1 Å². The van der Waals surface area contributed by atoms with Crippen LogP contribution >= 0.6 is 0 Å². The molecule has 25 heavy (non-hydrogen) atoms. The molecule has 2 bridgehead atoms. The molecular formula is C21H29N3O. The summed E-state index contributed by atoms with van der Waals surface area (Å²) in [4.78, 5) is 15.0. The Bertz CT molecular complexity index is 621. The van der Waals surface area contributed by atoms with Gasteiger partial charge in [-0.15, -0.1) is 0 Å². The number of nitrogens with zero attached hydrogens (tertiary/aromatic N) is 1. The van der Waals surface area contributed by atoms with Gasteiger partial charge in [-0.25, -0.2) is 0 Å². The van der Waals surface area contributed by atoms with Crippen molar-refractivity contribution in [3.63, 3.8) is 0 Å². The number of benzene rings is 1. The fourth-order valence-electron chi connectivity index (χ4n) is 4.90. The van der Waals surface area contributed by atoms with Gasteiger partial charge in [0.2, 0.25) is 5.91 Å². The summed E-state index contributed by atoms with van der Waals surface area (Å²) in [6.45, 7) is 3.91. The second-order valence-electron chi connectivity index (χ2n) is 7.87. The predicted molar refractivity (Wildman–Crippen MR) is 100 cm³/mol. The molecule has 1 aromatic carbocycles. The van der Waals surface area contributed by atoms with Crippen molar-refractivity contribution < 1.29 is 4.79 Å². The second-order valence-corrected chi connectivity index (χ2v) is 7.87. The van der Waals surface area contributed by atoms with E-state index in [2.05, 4.69) is 52.7 Å². The standard InChI is InChI=1S/C21H29N3O/c22-20-18-7-6-17(14-18)19(20)21(25)23-10-13-24-11-8-16(9-12-24)15-4-2-1-3-5-15/h1-7,16-20H,8-14,22H2,(H,23,25)/t17-,18+,19-,20+/m0/s1. The lowest BCUT2D eigenvalue weighted by Gasteiger charge is -2.32. The highest BCUT2D eigenvalue weighted by atomic mass is 16.1. The summed E-state index contributed by atoms with van der Waals surface area (Å²) in [5.74, 6) is 1.60. The molecule has 0 aromatic heterocycles. The number of piperidine rings is 1. The minimum Gasteiger partial charge on any atom is -0.355 e. The molecule has 3 N–H and O–H groups in total. The third-order valence-corrected chi connectivity index (χ3v) is 6.41. The molecule has 1 aliphatic heterocycles. The molecular weight excluding hydrogens is 310 g/mol. The van der Waals surface area contributed by atoms with Gasteiger partial charge >= 0.3 is 0 Å². The molecule has 1 amide bonds. The predicted octanol–water partition coefficient (Wildman–Crippen LogP) is 2.13. The first-order chi connectivity index (χ1) is 12.2. The van der Waals surface area contributed by atoms with E-state index in [0.717, 1.165) is 32.6 Å². The lowest BCUT2D eigenvalue weighted by molar-refractivity contribution is -0.126. The first kappa shape index (κ1) is 16.8. The average Bonchev–Trinajstić information content (AvgIpc) is 3.24. The summed E-state index contributed by atoms with van der Waals surface area (Å²) < 4.78 is 0. The molecule has 0 spiro atoms. The van der Waals surface area contributed by atoms with Crippen LogP contribution in [0.25, 0.3) is 0 Å². The van der Waals surface area contributed by atoms with Crippen LogP contribution in [-0.2, 0) is 4.79 Å². The Morgan fingerprint density at radius 2 is 1.84 bits per heavy atom. The number of fused-ring (bicyclic) bond motifs is 2. The summed E-state index contributed by atoms with van der Waals surface area (Å²) in [5.41, 5.74) is 7.69. The largest absolute Gasteiger partial charge is 0.355 e.